The third-order valence-electron chi connectivity index (χ3n) is 5.94. The molecule has 0 aliphatic carbocycles. The smallest absolute Gasteiger partial charge is 0.221 e. The summed E-state index contributed by atoms with van der Waals surface area (Å²) in [4.78, 5) is 24.6. The van der Waals surface area contributed by atoms with Crippen LogP contribution in [0.5, 0.6) is 0 Å². The number of carbonyl (C=O) groups is 1. The van der Waals surface area contributed by atoms with Gasteiger partial charge in [0.2, 0.25) is 5.91 Å². The summed E-state index contributed by atoms with van der Waals surface area (Å²) in [5.74, 6) is 0.0857. The summed E-state index contributed by atoms with van der Waals surface area (Å²) in [6.07, 6.45) is 2.55. The fraction of sp³-hybridized carbons (Fsp3) is 0.400. The Balaban J connectivity index is 1.44. The standard InChI is InChI=1S/C25H31N5O/c1-3-29(4-2)17-10-9-16-26-23(31)15-18-30-22-14-8-5-11-19(22)24-25(30)28-21-13-7-6-12-20(21)27-24/h5-8,11-14H,3-4,9-10,15-18H2,1-2H3,(H,26,31). The van der Waals surface area contributed by atoms with Crippen LogP contribution in [-0.4, -0.2) is 51.5 Å². The van der Waals surface area contributed by atoms with Gasteiger partial charge < -0.3 is 14.8 Å². The van der Waals surface area contributed by atoms with E-state index in [0.29, 0.717) is 13.0 Å². The lowest BCUT2D eigenvalue weighted by molar-refractivity contribution is -0.121. The van der Waals surface area contributed by atoms with Crippen LogP contribution in [0.2, 0.25) is 0 Å². The Labute approximate surface area is 183 Å². The van der Waals surface area contributed by atoms with Gasteiger partial charge in [-0.2, -0.15) is 0 Å². The van der Waals surface area contributed by atoms with Gasteiger partial charge in [-0.15, -0.1) is 0 Å². The van der Waals surface area contributed by atoms with Crippen LogP contribution < -0.4 is 5.32 Å². The molecule has 0 atom stereocenters. The highest BCUT2D eigenvalue weighted by Gasteiger charge is 2.15. The predicted octanol–water partition coefficient (Wildman–Crippen LogP) is 4.37. The van der Waals surface area contributed by atoms with Gasteiger partial charge in [-0.05, 0) is 50.7 Å². The van der Waals surface area contributed by atoms with E-state index in [0.717, 1.165) is 72.1 Å². The molecule has 0 bridgehead atoms. The molecule has 0 spiro atoms. The number of fused-ring (bicyclic) bond motifs is 4. The zero-order valence-electron chi connectivity index (χ0n) is 18.5. The number of rotatable bonds is 10. The minimum Gasteiger partial charge on any atom is -0.356 e. The fourth-order valence-electron chi connectivity index (χ4n) is 4.14. The van der Waals surface area contributed by atoms with Gasteiger partial charge in [0.15, 0.2) is 5.65 Å². The van der Waals surface area contributed by atoms with Gasteiger partial charge in [-0.25, -0.2) is 9.97 Å². The Morgan fingerprint density at radius 2 is 1.68 bits per heavy atom. The van der Waals surface area contributed by atoms with Crippen molar-refractivity contribution in [3.05, 3.63) is 48.5 Å². The largest absolute Gasteiger partial charge is 0.356 e. The van der Waals surface area contributed by atoms with Crippen LogP contribution in [0.1, 0.15) is 33.1 Å². The number of benzene rings is 2. The second-order valence-electron chi connectivity index (χ2n) is 7.89. The molecule has 6 heteroatoms. The second-order valence-corrected chi connectivity index (χ2v) is 7.89. The van der Waals surface area contributed by atoms with Crippen LogP contribution in [0.25, 0.3) is 33.1 Å². The summed E-state index contributed by atoms with van der Waals surface area (Å²) < 4.78 is 2.13. The van der Waals surface area contributed by atoms with Crippen LogP contribution >= 0.6 is 0 Å². The molecule has 0 saturated carbocycles. The Morgan fingerprint density at radius 1 is 0.968 bits per heavy atom. The molecule has 1 amide bonds. The molecule has 2 aromatic heterocycles. The Kier molecular flexibility index (Phi) is 6.77. The maximum Gasteiger partial charge on any atom is 0.221 e. The molecule has 2 heterocycles. The van der Waals surface area contributed by atoms with Crippen LogP contribution in [0.3, 0.4) is 0 Å². The minimum absolute atomic E-state index is 0.0857. The summed E-state index contributed by atoms with van der Waals surface area (Å²) in [6, 6.07) is 16.1. The molecular weight excluding hydrogens is 386 g/mol. The van der Waals surface area contributed by atoms with E-state index in [1.165, 1.54) is 0 Å². The third-order valence-corrected chi connectivity index (χ3v) is 5.94. The van der Waals surface area contributed by atoms with E-state index < -0.39 is 0 Å². The van der Waals surface area contributed by atoms with Crippen molar-refractivity contribution in [3.63, 3.8) is 0 Å². The SMILES string of the molecule is CCN(CC)CCCCNC(=O)CCn1c2ccccc2c2nc3ccccc3nc21. The van der Waals surface area contributed by atoms with E-state index in [1.54, 1.807) is 0 Å². The molecule has 4 aromatic rings. The quantitative estimate of drug-likeness (QED) is 0.389. The van der Waals surface area contributed by atoms with Crippen molar-refractivity contribution < 1.29 is 4.79 Å². The molecule has 0 fully saturated rings. The summed E-state index contributed by atoms with van der Waals surface area (Å²) >= 11 is 0. The monoisotopic (exact) mass is 417 g/mol. The van der Waals surface area contributed by atoms with Gasteiger partial charge in [0.25, 0.3) is 0 Å². The molecule has 0 radical (unpaired) electrons. The zero-order valence-corrected chi connectivity index (χ0v) is 18.5. The first-order valence-electron chi connectivity index (χ1n) is 11.3. The lowest BCUT2D eigenvalue weighted by Crippen LogP contribution is -2.27. The van der Waals surface area contributed by atoms with E-state index in [9.17, 15) is 4.79 Å². The molecule has 162 valence electrons. The minimum atomic E-state index is 0.0857. The summed E-state index contributed by atoms with van der Waals surface area (Å²) in [5, 5.41) is 4.15. The van der Waals surface area contributed by atoms with E-state index in [4.69, 9.17) is 9.97 Å². The maximum atomic E-state index is 12.5. The number of unbranched alkanes of at least 4 members (excludes halogenated alkanes) is 1. The highest BCUT2D eigenvalue weighted by Crippen LogP contribution is 2.28. The van der Waals surface area contributed by atoms with Gasteiger partial charge in [0.05, 0.1) is 16.6 Å². The number of hydrogen-bond acceptors (Lipinski definition) is 4. The van der Waals surface area contributed by atoms with E-state index >= 15 is 0 Å². The van der Waals surface area contributed by atoms with E-state index in [2.05, 4.69) is 40.8 Å². The normalized spacial score (nSPS) is 11.7. The van der Waals surface area contributed by atoms with Crippen molar-refractivity contribution in [1.82, 2.24) is 24.8 Å². The van der Waals surface area contributed by atoms with Crippen molar-refractivity contribution in [1.29, 1.82) is 0 Å². The molecule has 2 aromatic carbocycles. The molecule has 6 nitrogen and oxygen atoms in total. The number of nitrogens with one attached hydrogen (secondary N) is 1. The lowest BCUT2D eigenvalue weighted by Gasteiger charge is -2.17. The predicted molar refractivity (Wildman–Crippen MR) is 127 cm³/mol. The summed E-state index contributed by atoms with van der Waals surface area (Å²) in [5.41, 5.74) is 4.56. The first-order valence-corrected chi connectivity index (χ1v) is 11.3. The number of nitrogens with zero attached hydrogens (tertiary/aromatic N) is 4. The van der Waals surface area contributed by atoms with E-state index in [-0.39, 0.29) is 5.91 Å². The van der Waals surface area contributed by atoms with Crippen molar-refractivity contribution in [2.75, 3.05) is 26.2 Å². The van der Waals surface area contributed by atoms with Crippen LogP contribution in [0.15, 0.2) is 48.5 Å². The highest BCUT2D eigenvalue weighted by atomic mass is 16.1. The number of carbonyl (C=O) groups excluding carboxylic acids is 1. The van der Waals surface area contributed by atoms with Crippen molar-refractivity contribution in [2.45, 2.75) is 39.7 Å². The van der Waals surface area contributed by atoms with Crippen molar-refractivity contribution in [2.24, 2.45) is 0 Å². The molecule has 0 saturated heterocycles. The Hall–Kier alpha value is -2.99. The number of amides is 1. The molecule has 4 rings (SSSR count). The second kappa shape index (κ2) is 9.88. The Bertz CT molecular complexity index is 1180. The van der Waals surface area contributed by atoms with Gasteiger partial charge in [-0.1, -0.05) is 44.2 Å². The number of hydrogen-bond donors (Lipinski definition) is 1. The molecule has 0 aliphatic rings. The molecule has 0 aliphatic heterocycles. The number of para-hydroxylation sites is 3. The highest BCUT2D eigenvalue weighted by molar-refractivity contribution is 6.06. The van der Waals surface area contributed by atoms with Crippen LogP contribution in [0, 0.1) is 0 Å². The first kappa shape index (κ1) is 21.2. The molecule has 31 heavy (non-hydrogen) atoms. The lowest BCUT2D eigenvalue weighted by atomic mass is 10.2. The van der Waals surface area contributed by atoms with Gasteiger partial charge in [0.1, 0.15) is 5.52 Å². The van der Waals surface area contributed by atoms with Gasteiger partial charge >= 0.3 is 0 Å². The van der Waals surface area contributed by atoms with Crippen molar-refractivity contribution >= 4 is 39.0 Å². The molecule has 1 N–H and O–H groups in total. The zero-order chi connectivity index (χ0) is 21.6. The topological polar surface area (TPSA) is 63.1 Å². The average molecular weight is 418 g/mol. The number of aromatic nitrogens is 3. The Morgan fingerprint density at radius 3 is 2.45 bits per heavy atom. The van der Waals surface area contributed by atoms with E-state index in [1.807, 2.05) is 36.4 Å². The van der Waals surface area contributed by atoms with Crippen molar-refractivity contribution in [3.8, 4) is 0 Å². The molecule has 0 unspecified atom stereocenters. The van der Waals surface area contributed by atoms with Gasteiger partial charge in [-0.3, -0.25) is 4.79 Å². The summed E-state index contributed by atoms with van der Waals surface area (Å²) in [6.45, 7) is 8.96. The molecular formula is C25H31N5O. The third kappa shape index (κ3) is 4.69. The fourth-order valence-corrected chi connectivity index (χ4v) is 4.14. The summed E-state index contributed by atoms with van der Waals surface area (Å²) in [7, 11) is 0. The van der Waals surface area contributed by atoms with Crippen LogP contribution in [-0.2, 0) is 11.3 Å². The first-order chi connectivity index (χ1) is 15.2. The maximum absolute atomic E-state index is 12.5. The number of aryl methyl sites for hydroxylation is 1. The average Bonchev–Trinajstić information content (AvgIpc) is 3.11. The van der Waals surface area contributed by atoms with Crippen LogP contribution in [0.4, 0.5) is 0 Å². The van der Waals surface area contributed by atoms with Gasteiger partial charge in [0, 0.05) is 24.9 Å².